The molecule has 0 bridgehead atoms. The topological polar surface area (TPSA) is 58.6 Å². The molecule has 2 aliphatic rings. The molecular weight excluding hydrogens is 582 g/mol. The van der Waals surface area contributed by atoms with Crippen LogP contribution in [-0.4, -0.2) is 54.2 Å². The first-order chi connectivity index (χ1) is 21.9. The van der Waals surface area contributed by atoms with Crippen LogP contribution in [0.3, 0.4) is 0 Å². The first kappa shape index (κ1) is 31.2. The second-order valence-electron chi connectivity index (χ2n) is 11.7. The first-order valence-corrected chi connectivity index (χ1v) is 18.3. The summed E-state index contributed by atoms with van der Waals surface area (Å²) >= 11 is 0. The van der Waals surface area contributed by atoms with Gasteiger partial charge in [-0.2, -0.15) is 0 Å². The van der Waals surface area contributed by atoms with Gasteiger partial charge in [0.1, 0.15) is 29.7 Å². The third kappa shape index (κ3) is 6.20. The Hall–Kier alpha value is -3.82. The van der Waals surface area contributed by atoms with Gasteiger partial charge in [0, 0.05) is 48.6 Å². The van der Waals surface area contributed by atoms with Crippen molar-refractivity contribution in [3.05, 3.63) is 101 Å². The fourth-order valence-electron chi connectivity index (χ4n) is 6.57. The molecule has 0 saturated carbocycles. The fraction of sp³-hybridized carbons (Fsp3) is 0.351. The van der Waals surface area contributed by atoms with E-state index in [1.807, 2.05) is 38.1 Å². The van der Waals surface area contributed by atoms with Crippen molar-refractivity contribution in [2.45, 2.75) is 45.0 Å². The zero-order chi connectivity index (χ0) is 31.4. The largest absolute Gasteiger partial charge is 0.497 e. The zero-order valence-corrected chi connectivity index (χ0v) is 27.9. The van der Waals surface area contributed by atoms with Crippen molar-refractivity contribution in [2.75, 3.05) is 40.7 Å². The third-order valence-corrected chi connectivity index (χ3v) is 11.9. The molecule has 0 atom stereocenters. The summed E-state index contributed by atoms with van der Waals surface area (Å²) in [6.07, 6.45) is 5.38. The van der Waals surface area contributed by atoms with Gasteiger partial charge in [-0.15, -0.1) is 0 Å². The van der Waals surface area contributed by atoms with Crippen molar-refractivity contribution >= 4 is 25.4 Å². The summed E-state index contributed by atoms with van der Waals surface area (Å²) in [6, 6.07) is 25.7. The van der Waals surface area contributed by atoms with Crippen LogP contribution in [0.15, 0.2) is 78.9 Å². The van der Waals surface area contributed by atoms with E-state index < -0.39 is 14.2 Å². The molecule has 8 heteroatoms. The van der Waals surface area contributed by atoms with Crippen LogP contribution >= 0.6 is 0 Å². The van der Waals surface area contributed by atoms with Gasteiger partial charge < -0.3 is 27.8 Å². The number of fused-ring (bicyclic) bond motifs is 5. The van der Waals surface area contributed by atoms with Gasteiger partial charge in [0.2, 0.25) is 0 Å². The first-order valence-electron chi connectivity index (χ1n) is 15.8. The minimum absolute atomic E-state index is 0.584. The number of hydrogen-bond donors (Lipinski definition) is 0. The van der Waals surface area contributed by atoms with Crippen molar-refractivity contribution in [3.8, 4) is 23.0 Å². The number of rotatable bonds is 12. The van der Waals surface area contributed by atoms with Gasteiger partial charge in [-0.1, -0.05) is 30.3 Å². The lowest BCUT2D eigenvalue weighted by atomic mass is 9.83. The molecule has 2 heterocycles. The van der Waals surface area contributed by atoms with Crippen LogP contribution in [0.2, 0.25) is 12.6 Å². The minimum atomic E-state index is -2.14. The Morgan fingerprint density at radius 3 is 1.98 bits per heavy atom. The lowest BCUT2D eigenvalue weighted by Crippen LogP contribution is -2.40. The minimum Gasteiger partial charge on any atom is -0.497 e. The number of nitrogens with zero attached hydrogens (tertiary/aromatic N) is 1. The molecule has 4 aromatic rings. The van der Waals surface area contributed by atoms with E-state index in [0.717, 1.165) is 70.6 Å². The second-order valence-corrected chi connectivity index (χ2v) is 15.0. The Labute approximate surface area is 267 Å². The van der Waals surface area contributed by atoms with Crippen LogP contribution in [0, 0.1) is 0 Å². The normalized spacial score (nSPS) is 15.6. The standard InChI is InChI=1S/C37H43NO6Si/c1-6-42-45(5,43-7-2)24-8-23-38-25-34-32-18-20-36-33(31(32)17-19-35(34)41-26-38)21-22-37(44-36,27-9-13-29(39-3)14-10-27)28-11-15-30(40-4)16-12-28/h9-22H,6-8,23-26H2,1-5H3. The van der Waals surface area contributed by atoms with E-state index in [9.17, 15) is 0 Å². The summed E-state index contributed by atoms with van der Waals surface area (Å²) in [4.78, 5) is 2.37. The third-order valence-electron chi connectivity index (χ3n) is 8.85. The molecule has 0 spiro atoms. The van der Waals surface area contributed by atoms with Crippen molar-refractivity contribution in [2.24, 2.45) is 0 Å². The van der Waals surface area contributed by atoms with Crippen molar-refractivity contribution in [3.63, 3.8) is 0 Å². The maximum atomic E-state index is 7.01. The fourth-order valence-corrected chi connectivity index (χ4v) is 8.96. The number of benzene rings is 4. The highest BCUT2D eigenvalue weighted by Crippen LogP contribution is 2.46. The molecule has 4 aromatic carbocycles. The van der Waals surface area contributed by atoms with E-state index >= 15 is 0 Å². The molecule has 2 aliphatic heterocycles. The molecule has 236 valence electrons. The Balaban J connectivity index is 1.30. The Morgan fingerprint density at radius 1 is 0.778 bits per heavy atom. The van der Waals surface area contributed by atoms with Crippen LogP contribution in [0.1, 0.15) is 42.5 Å². The van der Waals surface area contributed by atoms with Gasteiger partial charge >= 0.3 is 8.56 Å². The lowest BCUT2D eigenvalue weighted by molar-refractivity contribution is 0.0949. The summed E-state index contributed by atoms with van der Waals surface area (Å²) in [7, 11) is 1.22. The van der Waals surface area contributed by atoms with Crippen molar-refractivity contribution in [1.29, 1.82) is 0 Å². The van der Waals surface area contributed by atoms with E-state index in [1.165, 1.54) is 10.9 Å². The van der Waals surface area contributed by atoms with Gasteiger partial charge in [0.05, 0.1) is 14.2 Å². The van der Waals surface area contributed by atoms with E-state index in [4.69, 9.17) is 27.8 Å². The quantitative estimate of drug-likeness (QED) is 0.148. The molecule has 0 fully saturated rings. The SMILES string of the molecule is CCO[Si](C)(CCCN1COc2ccc3c4c(ccc3c2C1)OC(c1ccc(OC)cc1)(c1ccc(OC)cc1)C=C4)OCC. The van der Waals surface area contributed by atoms with E-state index in [2.05, 4.69) is 72.1 Å². The number of methoxy groups -OCH3 is 2. The summed E-state index contributed by atoms with van der Waals surface area (Å²) in [5.74, 6) is 3.39. The molecule has 0 aliphatic carbocycles. The summed E-state index contributed by atoms with van der Waals surface area (Å²) in [5.41, 5.74) is 3.50. The van der Waals surface area contributed by atoms with Gasteiger partial charge in [-0.3, -0.25) is 4.90 Å². The molecule has 0 radical (unpaired) electrons. The molecule has 6 rings (SSSR count). The van der Waals surface area contributed by atoms with Crippen LogP contribution in [0.25, 0.3) is 16.8 Å². The highest BCUT2D eigenvalue weighted by atomic mass is 28.4. The average Bonchev–Trinajstić information content (AvgIpc) is 3.08. The molecule has 0 unspecified atom stereocenters. The Bertz CT molecular complexity index is 1600. The van der Waals surface area contributed by atoms with Crippen molar-refractivity contribution < 1.29 is 27.8 Å². The van der Waals surface area contributed by atoms with Crippen LogP contribution in [-0.2, 0) is 21.0 Å². The predicted octanol–water partition coefficient (Wildman–Crippen LogP) is 7.89. The maximum Gasteiger partial charge on any atom is 0.334 e. The van der Waals surface area contributed by atoms with Crippen LogP contribution in [0.5, 0.6) is 23.0 Å². The van der Waals surface area contributed by atoms with Gasteiger partial charge in [0.25, 0.3) is 0 Å². The molecule has 0 saturated heterocycles. The maximum absolute atomic E-state index is 7.01. The Kier molecular flexibility index (Phi) is 9.19. The predicted molar refractivity (Wildman–Crippen MR) is 181 cm³/mol. The van der Waals surface area contributed by atoms with Gasteiger partial charge in [-0.05, 0) is 98.2 Å². The lowest BCUT2D eigenvalue weighted by Gasteiger charge is -2.37. The van der Waals surface area contributed by atoms with Crippen LogP contribution in [0.4, 0.5) is 0 Å². The van der Waals surface area contributed by atoms with Crippen LogP contribution < -0.4 is 18.9 Å². The molecular formula is C37H43NO6Si. The summed E-state index contributed by atoms with van der Waals surface area (Å²) in [5, 5.41) is 2.34. The van der Waals surface area contributed by atoms with E-state index in [1.54, 1.807) is 14.2 Å². The molecule has 7 nitrogen and oxygen atoms in total. The average molecular weight is 626 g/mol. The monoisotopic (exact) mass is 625 g/mol. The summed E-state index contributed by atoms with van der Waals surface area (Å²) in [6.45, 7) is 9.99. The highest BCUT2D eigenvalue weighted by Gasteiger charge is 2.38. The molecule has 45 heavy (non-hydrogen) atoms. The number of ether oxygens (including phenoxy) is 4. The summed E-state index contributed by atoms with van der Waals surface area (Å²) < 4.78 is 36.3. The molecule has 0 amide bonds. The van der Waals surface area contributed by atoms with E-state index in [0.29, 0.717) is 19.9 Å². The molecule has 0 aromatic heterocycles. The second kappa shape index (κ2) is 13.3. The smallest absolute Gasteiger partial charge is 0.334 e. The Morgan fingerprint density at radius 2 is 1.38 bits per heavy atom. The molecule has 0 N–H and O–H groups in total. The highest BCUT2D eigenvalue weighted by molar-refractivity contribution is 6.66. The van der Waals surface area contributed by atoms with E-state index in [-0.39, 0.29) is 0 Å². The number of hydrogen-bond acceptors (Lipinski definition) is 7. The van der Waals surface area contributed by atoms with Crippen molar-refractivity contribution in [1.82, 2.24) is 4.90 Å². The van der Waals surface area contributed by atoms with Gasteiger partial charge in [-0.25, -0.2) is 0 Å². The van der Waals surface area contributed by atoms with Gasteiger partial charge in [0.15, 0.2) is 5.60 Å². The zero-order valence-electron chi connectivity index (χ0n) is 26.9.